The standard InChI is InChI=1S/C26H22BrN5O2S/c1-34-23-12-6-5-8-19(23)9-7-17-28-29-24(33)18-35-26-31-30-25(20-13-15-21(27)16-14-20)32(26)22-10-3-2-4-11-22/h2-17H,18H2,1H3,(H,29,33)/b9-7+,28-17-. The summed E-state index contributed by atoms with van der Waals surface area (Å²) in [5, 5.41) is 13.3. The van der Waals surface area contributed by atoms with Crippen LogP contribution in [0.4, 0.5) is 0 Å². The minimum Gasteiger partial charge on any atom is -0.496 e. The first-order valence-electron chi connectivity index (χ1n) is 10.7. The lowest BCUT2D eigenvalue weighted by atomic mass is 10.2. The number of methoxy groups -OCH3 is 1. The molecule has 7 nitrogen and oxygen atoms in total. The van der Waals surface area contributed by atoms with Crippen LogP contribution in [-0.2, 0) is 4.79 Å². The molecule has 176 valence electrons. The number of para-hydroxylation sites is 2. The summed E-state index contributed by atoms with van der Waals surface area (Å²) in [7, 11) is 1.62. The van der Waals surface area contributed by atoms with Gasteiger partial charge in [0.25, 0.3) is 5.91 Å². The second-order valence-electron chi connectivity index (χ2n) is 7.19. The number of carbonyl (C=O) groups excluding carboxylic acids is 1. The minimum absolute atomic E-state index is 0.138. The number of nitrogens with zero attached hydrogens (tertiary/aromatic N) is 4. The Morgan fingerprint density at radius 2 is 1.80 bits per heavy atom. The minimum atomic E-state index is -0.246. The molecule has 0 radical (unpaired) electrons. The van der Waals surface area contributed by atoms with E-state index in [4.69, 9.17) is 4.74 Å². The third-order valence-electron chi connectivity index (χ3n) is 4.85. The summed E-state index contributed by atoms with van der Waals surface area (Å²) in [6.07, 6.45) is 5.12. The van der Waals surface area contributed by atoms with Gasteiger partial charge in [0.2, 0.25) is 0 Å². The number of ether oxygens (including phenoxy) is 1. The fourth-order valence-corrected chi connectivity index (χ4v) is 4.23. The predicted octanol–water partition coefficient (Wildman–Crippen LogP) is 5.61. The van der Waals surface area contributed by atoms with Crippen LogP contribution >= 0.6 is 27.7 Å². The third-order valence-corrected chi connectivity index (χ3v) is 6.30. The Morgan fingerprint density at radius 1 is 1.06 bits per heavy atom. The van der Waals surface area contributed by atoms with Crippen LogP contribution in [-0.4, -0.2) is 39.7 Å². The van der Waals surface area contributed by atoms with E-state index in [2.05, 4.69) is 36.7 Å². The summed E-state index contributed by atoms with van der Waals surface area (Å²) in [5.74, 6) is 1.36. The number of halogens is 1. The number of amides is 1. The monoisotopic (exact) mass is 547 g/mol. The van der Waals surface area contributed by atoms with Gasteiger partial charge in [-0.25, -0.2) is 5.43 Å². The van der Waals surface area contributed by atoms with Crippen molar-refractivity contribution in [3.63, 3.8) is 0 Å². The largest absolute Gasteiger partial charge is 0.496 e. The summed E-state index contributed by atoms with van der Waals surface area (Å²) in [6.45, 7) is 0. The Kier molecular flexibility index (Phi) is 8.48. The SMILES string of the molecule is COc1ccccc1/C=C/C=N\NC(=O)CSc1nnc(-c2ccc(Br)cc2)n1-c1ccccc1. The van der Waals surface area contributed by atoms with E-state index in [0.717, 1.165) is 27.0 Å². The van der Waals surface area contributed by atoms with Crippen LogP contribution in [0.25, 0.3) is 23.2 Å². The highest BCUT2D eigenvalue weighted by atomic mass is 79.9. The van der Waals surface area contributed by atoms with Crippen LogP contribution in [0.3, 0.4) is 0 Å². The number of aromatic nitrogens is 3. The Balaban J connectivity index is 1.42. The van der Waals surface area contributed by atoms with E-state index in [0.29, 0.717) is 11.0 Å². The maximum absolute atomic E-state index is 12.4. The van der Waals surface area contributed by atoms with E-state index in [1.165, 1.54) is 18.0 Å². The van der Waals surface area contributed by atoms with Crippen LogP contribution in [0, 0.1) is 0 Å². The maximum atomic E-state index is 12.4. The van der Waals surface area contributed by atoms with Gasteiger partial charge >= 0.3 is 0 Å². The molecule has 0 aliphatic rings. The van der Waals surface area contributed by atoms with Crippen LogP contribution in [0.1, 0.15) is 5.56 Å². The van der Waals surface area contributed by atoms with E-state index in [1.54, 1.807) is 13.2 Å². The lowest BCUT2D eigenvalue weighted by molar-refractivity contribution is -0.118. The van der Waals surface area contributed by atoms with E-state index in [9.17, 15) is 4.79 Å². The molecule has 1 amide bonds. The van der Waals surface area contributed by atoms with Gasteiger partial charge in [0, 0.05) is 27.5 Å². The molecule has 0 atom stereocenters. The summed E-state index contributed by atoms with van der Waals surface area (Å²) >= 11 is 4.76. The molecule has 4 rings (SSSR count). The number of carbonyl (C=O) groups is 1. The molecular formula is C26H22BrN5O2S. The molecule has 9 heteroatoms. The Bertz CT molecular complexity index is 1340. The first-order chi connectivity index (χ1) is 17.2. The first-order valence-corrected chi connectivity index (χ1v) is 12.4. The number of hydrogen-bond donors (Lipinski definition) is 1. The molecule has 35 heavy (non-hydrogen) atoms. The molecule has 0 aliphatic heterocycles. The molecule has 0 bridgehead atoms. The van der Waals surface area contributed by atoms with Crippen molar-refractivity contribution in [3.8, 4) is 22.8 Å². The van der Waals surface area contributed by atoms with E-state index >= 15 is 0 Å². The highest BCUT2D eigenvalue weighted by Crippen LogP contribution is 2.28. The van der Waals surface area contributed by atoms with Crippen molar-refractivity contribution in [3.05, 3.63) is 95.0 Å². The fraction of sp³-hybridized carbons (Fsp3) is 0.0769. The first kappa shape index (κ1) is 24.4. The number of hydrazone groups is 1. The van der Waals surface area contributed by atoms with E-state index in [1.807, 2.05) is 89.5 Å². The molecule has 0 spiro atoms. The van der Waals surface area contributed by atoms with Gasteiger partial charge in [0.05, 0.1) is 12.9 Å². The third kappa shape index (κ3) is 6.46. The van der Waals surface area contributed by atoms with Gasteiger partial charge in [0.1, 0.15) is 5.75 Å². The molecule has 0 saturated heterocycles. The smallest absolute Gasteiger partial charge is 0.250 e. The predicted molar refractivity (Wildman–Crippen MR) is 144 cm³/mol. The average molecular weight is 548 g/mol. The lowest BCUT2D eigenvalue weighted by Gasteiger charge is -2.10. The number of rotatable bonds is 9. The Hall–Kier alpha value is -3.69. The van der Waals surface area contributed by atoms with Crippen molar-refractivity contribution >= 4 is 45.9 Å². The number of nitrogens with one attached hydrogen (secondary N) is 1. The van der Waals surface area contributed by atoms with Crippen LogP contribution in [0.5, 0.6) is 5.75 Å². The molecule has 4 aromatic rings. The van der Waals surface area contributed by atoms with Gasteiger partial charge in [-0.2, -0.15) is 5.10 Å². The van der Waals surface area contributed by atoms with E-state index in [-0.39, 0.29) is 11.7 Å². The van der Waals surface area contributed by atoms with Gasteiger partial charge in [-0.15, -0.1) is 10.2 Å². The summed E-state index contributed by atoms with van der Waals surface area (Å²) in [6, 6.07) is 25.3. The molecule has 0 saturated carbocycles. The molecule has 0 aliphatic carbocycles. The second-order valence-corrected chi connectivity index (χ2v) is 9.05. The maximum Gasteiger partial charge on any atom is 0.250 e. The molecule has 1 N–H and O–H groups in total. The van der Waals surface area contributed by atoms with Crippen molar-refractivity contribution in [1.82, 2.24) is 20.2 Å². The molecular weight excluding hydrogens is 526 g/mol. The number of benzene rings is 3. The van der Waals surface area contributed by atoms with Crippen molar-refractivity contribution < 1.29 is 9.53 Å². The van der Waals surface area contributed by atoms with Crippen LogP contribution in [0.2, 0.25) is 0 Å². The van der Waals surface area contributed by atoms with Crippen molar-refractivity contribution in [2.75, 3.05) is 12.9 Å². The van der Waals surface area contributed by atoms with Gasteiger partial charge in [-0.1, -0.05) is 76.2 Å². The van der Waals surface area contributed by atoms with Crippen molar-refractivity contribution in [1.29, 1.82) is 0 Å². The average Bonchev–Trinajstić information content (AvgIpc) is 3.32. The van der Waals surface area contributed by atoms with Gasteiger partial charge in [0.15, 0.2) is 11.0 Å². The molecule has 3 aromatic carbocycles. The summed E-state index contributed by atoms with van der Waals surface area (Å²) < 4.78 is 8.24. The topological polar surface area (TPSA) is 81.4 Å². The van der Waals surface area contributed by atoms with Gasteiger partial charge < -0.3 is 4.74 Å². The Morgan fingerprint density at radius 3 is 2.57 bits per heavy atom. The zero-order valence-electron chi connectivity index (χ0n) is 18.8. The van der Waals surface area contributed by atoms with E-state index < -0.39 is 0 Å². The molecule has 1 heterocycles. The zero-order valence-corrected chi connectivity index (χ0v) is 21.2. The van der Waals surface area contributed by atoms with Crippen LogP contribution in [0.15, 0.2) is 99.7 Å². The normalized spacial score (nSPS) is 11.3. The summed E-state index contributed by atoms with van der Waals surface area (Å²) in [4.78, 5) is 12.4. The lowest BCUT2D eigenvalue weighted by Crippen LogP contribution is -2.19. The number of hydrogen-bond acceptors (Lipinski definition) is 6. The Labute approximate surface area is 216 Å². The number of thioether (sulfide) groups is 1. The highest BCUT2D eigenvalue weighted by molar-refractivity contribution is 9.10. The fourth-order valence-electron chi connectivity index (χ4n) is 3.22. The summed E-state index contributed by atoms with van der Waals surface area (Å²) in [5.41, 5.74) is 5.30. The van der Waals surface area contributed by atoms with Gasteiger partial charge in [-0.3, -0.25) is 9.36 Å². The van der Waals surface area contributed by atoms with Crippen molar-refractivity contribution in [2.45, 2.75) is 5.16 Å². The second kappa shape index (κ2) is 12.1. The zero-order chi connectivity index (χ0) is 24.5. The highest BCUT2D eigenvalue weighted by Gasteiger charge is 2.17. The number of allylic oxidation sites excluding steroid dienone is 1. The molecule has 1 aromatic heterocycles. The van der Waals surface area contributed by atoms with Gasteiger partial charge in [-0.05, 0) is 42.5 Å². The van der Waals surface area contributed by atoms with Crippen molar-refractivity contribution in [2.24, 2.45) is 5.10 Å². The molecule has 0 fully saturated rings. The van der Waals surface area contributed by atoms with Crippen LogP contribution < -0.4 is 10.2 Å². The quantitative estimate of drug-likeness (QED) is 0.167. The molecule has 0 unspecified atom stereocenters.